The third-order valence-electron chi connectivity index (χ3n) is 7.24. The smallest absolute Gasteiger partial charge is 0.430 e. The van der Waals surface area contributed by atoms with Gasteiger partial charge in [-0.3, -0.25) is 9.69 Å². The number of urea groups is 1. The van der Waals surface area contributed by atoms with Crippen LogP contribution in [-0.4, -0.2) is 52.6 Å². The lowest BCUT2D eigenvalue weighted by Crippen LogP contribution is -2.54. The first-order valence-corrected chi connectivity index (χ1v) is 13.6. The van der Waals surface area contributed by atoms with Crippen LogP contribution in [0.2, 0.25) is 0 Å². The van der Waals surface area contributed by atoms with Crippen LogP contribution in [0.25, 0.3) is 0 Å². The molecule has 0 saturated carbocycles. The second kappa shape index (κ2) is 12.4. The summed E-state index contributed by atoms with van der Waals surface area (Å²) < 4.78 is 87.4. The minimum atomic E-state index is -6.00. The number of hydrogen-bond acceptors (Lipinski definition) is 5. The number of aliphatic hydroxyl groups is 1. The molecule has 2 aromatic carbocycles. The van der Waals surface area contributed by atoms with E-state index in [1.165, 1.54) is 19.1 Å². The Hall–Kier alpha value is -3.48. The third-order valence-corrected chi connectivity index (χ3v) is 7.24. The molecular weight excluding hydrogens is 570 g/mol. The highest BCUT2D eigenvalue weighted by Gasteiger charge is 2.71. The van der Waals surface area contributed by atoms with Gasteiger partial charge in [0.15, 0.2) is 0 Å². The number of benzene rings is 2. The minimum absolute atomic E-state index is 0.0169. The van der Waals surface area contributed by atoms with E-state index in [9.17, 15) is 46.1 Å². The number of phenols is 1. The Labute approximate surface area is 239 Å². The second-order valence-electron chi connectivity index (χ2n) is 10.4. The van der Waals surface area contributed by atoms with Crippen LogP contribution in [0.5, 0.6) is 11.5 Å². The number of aromatic hydroxyl groups is 1. The van der Waals surface area contributed by atoms with Crippen molar-refractivity contribution in [1.82, 2.24) is 10.2 Å². The number of nitrogens with one attached hydrogen (secondary N) is 1. The van der Waals surface area contributed by atoms with Gasteiger partial charge in [0.1, 0.15) is 17.0 Å². The normalized spacial score (nSPS) is 18.0. The van der Waals surface area contributed by atoms with Gasteiger partial charge in [-0.1, -0.05) is 38.8 Å². The zero-order chi connectivity index (χ0) is 31.5. The first-order chi connectivity index (χ1) is 19.5. The summed E-state index contributed by atoms with van der Waals surface area (Å²) in [5.41, 5.74) is -7.09. The monoisotopic (exact) mass is 604 g/mol. The Balaban J connectivity index is 1.76. The molecule has 2 aromatic rings. The summed E-state index contributed by atoms with van der Waals surface area (Å²) in [6.45, 7) is 4.99. The average molecular weight is 605 g/mol. The van der Waals surface area contributed by atoms with E-state index in [0.717, 1.165) is 4.90 Å². The molecule has 13 heteroatoms. The van der Waals surface area contributed by atoms with Crippen LogP contribution in [0.15, 0.2) is 36.4 Å². The maximum Gasteiger partial charge on any atom is 0.430 e. The number of carbonyl (C=O) groups is 2. The molecule has 0 radical (unpaired) electrons. The Morgan fingerprint density at radius 1 is 0.929 bits per heavy atom. The number of halogens is 6. The zero-order valence-electron chi connectivity index (χ0n) is 23.5. The van der Waals surface area contributed by atoms with Gasteiger partial charge < -0.3 is 20.3 Å². The van der Waals surface area contributed by atoms with Gasteiger partial charge in [-0.2, -0.15) is 26.3 Å². The number of rotatable bonds is 12. The van der Waals surface area contributed by atoms with E-state index in [1.807, 2.05) is 0 Å². The Kier molecular flexibility index (Phi) is 9.75. The third kappa shape index (κ3) is 6.30. The van der Waals surface area contributed by atoms with Crippen molar-refractivity contribution in [2.45, 2.75) is 82.8 Å². The van der Waals surface area contributed by atoms with Crippen molar-refractivity contribution in [1.29, 1.82) is 0 Å². The maximum atomic E-state index is 13.6. The largest absolute Gasteiger partial charge is 0.508 e. The number of hydrogen-bond donors (Lipinski definition) is 3. The molecular formula is C29H34F6N2O5. The van der Waals surface area contributed by atoms with Gasteiger partial charge >= 0.3 is 18.4 Å². The van der Waals surface area contributed by atoms with Crippen molar-refractivity contribution in [3.8, 4) is 11.5 Å². The Morgan fingerprint density at radius 2 is 1.50 bits per heavy atom. The van der Waals surface area contributed by atoms with E-state index in [1.54, 1.807) is 26.0 Å². The fourth-order valence-corrected chi connectivity index (χ4v) is 5.01. The molecule has 232 valence electrons. The highest BCUT2D eigenvalue weighted by molar-refractivity contribution is 6.07. The predicted octanol–water partition coefficient (Wildman–Crippen LogP) is 6.24. The summed E-state index contributed by atoms with van der Waals surface area (Å²) in [5.74, 6) is -0.404. The highest BCUT2D eigenvalue weighted by Crippen LogP contribution is 2.51. The van der Waals surface area contributed by atoms with E-state index in [0.29, 0.717) is 43.4 Å². The molecule has 1 fully saturated rings. The molecule has 42 heavy (non-hydrogen) atoms. The van der Waals surface area contributed by atoms with Crippen molar-refractivity contribution in [2.75, 3.05) is 13.2 Å². The van der Waals surface area contributed by atoms with Crippen molar-refractivity contribution < 1.29 is 50.9 Å². The molecule has 3 N–H and O–H groups in total. The molecule has 0 spiro atoms. The zero-order valence-corrected chi connectivity index (χ0v) is 23.5. The molecule has 0 aromatic heterocycles. The number of carbonyl (C=O) groups excluding carboxylic acids is 2. The standard InChI is InChI=1S/C29H34F6N2O5/c1-4-9-18-15-21(27(41,28(30,31)32)29(33,34)35)16-19(10-5-2)23(18)42-14-7-6-13-37-24(39)26(3,36-25(37)40)20-11-8-12-22(38)17-20/h8,11-12,15-17,38,41H,4-7,9-10,13-14H2,1-3H3,(H,36,40). The van der Waals surface area contributed by atoms with Crippen LogP contribution in [-0.2, 0) is 28.8 Å². The number of ether oxygens (including phenoxy) is 1. The fourth-order valence-electron chi connectivity index (χ4n) is 5.01. The summed E-state index contributed by atoms with van der Waals surface area (Å²) in [6.07, 6.45) is -10.4. The number of unbranched alkanes of at least 4 members (excludes halogenated alkanes) is 1. The van der Waals surface area contributed by atoms with Crippen molar-refractivity contribution >= 4 is 11.9 Å². The number of imide groups is 1. The van der Waals surface area contributed by atoms with Crippen LogP contribution in [0, 0.1) is 0 Å². The van der Waals surface area contributed by atoms with Crippen LogP contribution >= 0.6 is 0 Å². The van der Waals surface area contributed by atoms with Gasteiger partial charge in [0.25, 0.3) is 11.5 Å². The highest BCUT2D eigenvalue weighted by atomic mass is 19.4. The number of aryl methyl sites for hydroxylation is 2. The van der Waals surface area contributed by atoms with E-state index in [2.05, 4.69) is 5.32 Å². The summed E-state index contributed by atoms with van der Waals surface area (Å²) in [6, 6.07) is 6.76. The van der Waals surface area contributed by atoms with Gasteiger partial charge in [-0.25, -0.2) is 4.79 Å². The molecule has 1 heterocycles. The first kappa shape index (κ1) is 33.0. The van der Waals surface area contributed by atoms with E-state index >= 15 is 0 Å². The lowest BCUT2D eigenvalue weighted by atomic mass is 9.87. The van der Waals surface area contributed by atoms with E-state index in [-0.39, 0.29) is 48.6 Å². The fraction of sp³-hybridized carbons (Fsp3) is 0.517. The molecule has 1 unspecified atom stereocenters. The predicted molar refractivity (Wildman–Crippen MR) is 141 cm³/mol. The Morgan fingerprint density at radius 3 is 2.00 bits per heavy atom. The molecule has 0 bridgehead atoms. The molecule has 1 aliphatic rings. The molecule has 7 nitrogen and oxygen atoms in total. The topological polar surface area (TPSA) is 99.1 Å². The summed E-state index contributed by atoms with van der Waals surface area (Å²) in [4.78, 5) is 26.7. The van der Waals surface area contributed by atoms with Crippen LogP contribution in [0.1, 0.15) is 68.7 Å². The average Bonchev–Trinajstić information content (AvgIpc) is 3.11. The molecule has 1 saturated heterocycles. The quantitative estimate of drug-likeness (QED) is 0.152. The second-order valence-corrected chi connectivity index (χ2v) is 10.4. The minimum Gasteiger partial charge on any atom is -0.508 e. The van der Waals surface area contributed by atoms with E-state index < -0.39 is 41.0 Å². The lowest BCUT2D eigenvalue weighted by molar-refractivity contribution is -0.376. The van der Waals surface area contributed by atoms with Gasteiger partial charge in [0, 0.05) is 12.1 Å². The molecule has 3 rings (SSSR count). The van der Waals surface area contributed by atoms with Gasteiger partial charge in [-0.05, 0) is 73.6 Å². The number of nitrogens with zero attached hydrogens (tertiary/aromatic N) is 1. The van der Waals surface area contributed by atoms with E-state index in [4.69, 9.17) is 4.74 Å². The summed E-state index contributed by atoms with van der Waals surface area (Å²) >= 11 is 0. The van der Waals surface area contributed by atoms with Crippen LogP contribution < -0.4 is 10.1 Å². The first-order valence-electron chi connectivity index (χ1n) is 13.6. The molecule has 0 aliphatic carbocycles. The lowest BCUT2D eigenvalue weighted by Gasteiger charge is -2.33. The molecule has 1 aliphatic heterocycles. The number of amides is 3. The van der Waals surface area contributed by atoms with Crippen LogP contribution in [0.3, 0.4) is 0 Å². The van der Waals surface area contributed by atoms with Gasteiger partial charge in [-0.15, -0.1) is 0 Å². The molecule has 3 amide bonds. The number of alkyl halides is 6. The number of phenolic OH excluding ortho intramolecular Hbond substituents is 1. The van der Waals surface area contributed by atoms with Gasteiger partial charge in [0.05, 0.1) is 6.61 Å². The molecule has 1 atom stereocenters. The SMILES string of the molecule is CCCc1cc(C(O)(C(F)(F)F)C(F)(F)F)cc(CCC)c1OCCCCN1C(=O)NC(C)(c2cccc(O)c2)C1=O. The summed E-state index contributed by atoms with van der Waals surface area (Å²) in [5, 5.41) is 22.4. The van der Waals surface area contributed by atoms with Crippen molar-refractivity contribution in [3.63, 3.8) is 0 Å². The van der Waals surface area contributed by atoms with Crippen molar-refractivity contribution in [3.05, 3.63) is 58.7 Å². The maximum absolute atomic E-state index is 13.6. The Bertz CT molecular complexity index is 1260. The van der Waals surface area contributed by atoms with Crippen molar-refractivity contribution in [2.24, 2.45) is 0 Å². The summed E-state index contributed by atoms with van der Waals surface area (Å²) in [7, 11) is 0. The van der Waals surface area contributed by atoms with Gasteiger partial charge in [0.2, 0.25) is 0 Å². The van der Waals surface area contributed by atoms with Crippen LogP contribution in [0.4, 0.5) is 31.1 Å².